The molecule has 2 rings (SSSR count). The van der Waals surface area contributed by atoms with Gasteiger partial charge in [0.05, 0.1) is 25.2 Å². The van der Waals surface area contributed by atoms with Gasteiger partial charge in [0, 0.05) is 26.2 Å². The van der Waals surface area contributed by atoms with E-state index in [2.05, 4.69) is 12.2 Å². The Kier molecular flexibility index (Phi) is 4.36. The fourth-order valence-electron chi connectivity index (χ4n) is 2.62. The van der Waals surface area contributed by atoms with E-state index in [1.165, 1.54) is 0 Å². The summed E-state index contributed by atoms with van der Waals surface area (Å²) in [5.41, 5.74) is 0. The summed E-state index contributed by atoms with van der Waals surface area (Å²) in [5.74, 6) is 0.193. The highest BCUT2D eigenvalue weighted by molar-refractivity contribution is 5.80. The first-order chi connectivity index (χ1) is 8.26. The highest BCUT2D eigenvalue weighted by atomic mass is 16.5. The monoisotopic (exact) mass is 242 g/mol. The van der Waals surface area contributed by atoms with Gasteiger partial charge in [-0.25, -0.2) is 0 Å². The molecule has 0 aliphatic carbocycles. The van der Waals surface area contributed by atoms with Gasteiger partial charge < -0.3 is 19.7 Å². The zero-order valence-corrected chi connectivity index (χ0v) is 10.6. The molecule has 2 saturated heterocycles. The van der Waals surface area contributed by atoms with Gasteiger partial charge in [0.25, 0.3) is 0 Å². The molecule has 1 N–H and O–H groups in total. The van der Waals surface area contributed by atoms with E-state index in [0.29, 0.717) is 13.2 Å². The number of rotatable bonds is 4. The topological polar surface area (TPSA) is 50.8 Å². The van der Waals surface area contributed by atoms with E-state index in [1.54, 1.807) is 7.11 Å². The smallest absolute Gasteiger partial charge is 0.229 e. The first kappa shape index (κ1) is 12.8. The minimum absolute atomic E-state index is 0.0226. The van der Waals surface area contributed by atoms with Crippen LogP contribution in [0.2, 0.25) is 0 Å². The summed E-state index contributed by atoms with van der Waals surface area (Å²) in [5, 5.41) is 3.32. The van der Waals surface area contributed by atoms with Crippen molar-refractivity contribution in [2.45, 2.75) is 25.5 Å². The van der Waals surface area contributed by atoms with Gasteiger partial charge >= 0.3 is 0 Å². The molecule has 0 spiro atoms. The third-order valence-electron chi connectivity index (χ3n) is 3.65. The number of hydrogen-bond donors (Lipinski definition) is 1. The third kappa shape index (κ3) is 2.78. The molecule has 0 saturated carbocycles. The largest absolute Gasteiger partial charge is 0.380 e. The Morgan fingerprint density at radius 2 is 2.35 bits per heavy atom. The van der Waals surface area contributed by atoms with E-state index in [9.17, 15) is 4.79 Å². The number of likely N-dealkylation sites (N-methyl/N-ethyl adjacent to an activating group) is 1. The van der Waals surface area contributed by atoms with Gasteiger partial charge in [-0.2, -0.15) is 0 Å². The molecule has 3 atom stereocenters. The lowest BCUT2D eigenvalue weighted by Gasteiger charge is -2.23. The van der Waals surface area contributed by atoms with Crippen LogP contribution in [0.1, 0.15) is 13.3 Å². The second-order valence-corrected chi connectivity index (χ2v) is 4.74. The van der Waals surface area contributed by atoms with Crippen LogP contribution in [0.3, 0.4) is 0 Å². The van der Waals surface area contributed by atoms with E-state index < -0.39 is 0 Å². The zero-order valence-electron chi connectivity index (χ0n) is 10.6. The van der Waals surface area contributed by atoms with E-state index in [4.69, 9.17) is 9.47 Å². The standard InChI is InChI=1S/C12H22N2O3/c1-3-13-11-8-17-7-10(11)12(15)14-5-4-9(6-14)16-2/h9-11,13H,3-8H2,1-2H3. The van der Waals surface area contributed by atoms with Crippen LogP contribution in [0.5, 0.6) is 0 Å². The van der Waals surface area contributed by atoms with Gasteiger partial charge in [-0.3, -0.25) is 4.79 Å². The molecule has 2 aliphatic rings. The van der Waals surface area contributed by atoms with Crippen molar-refractivity contribution in [1.82, 2.24) is 10.2 Å². The molecule has 98 valence electrons. The van der Waals surface area contributed by atoms with Crippen molar-refractivity contribution in [2.75, 3.05) is 40.0 Å². The number of carbonyl (C=O) groups excluding carboxylic acids is 1. The number of nitrogens with one attached hydrogen (secondary N) is 1. The van der Waals surface area contributed by atoms with Gasteiger partial charge in [0.15, 0.2) is 0 Å². The lowest BCUT2D eigenvalue weighted by molar-refractivity contribution is -0.135. The summed E-state index contributed by atoms with van der Waals surface area (Å²) in [6, 6.07) is 0.175. The van der Waals surface area contributed by atoms with Crippen LogP contribution in [-0.2, 0) is 14.3 Å². The maximum atomic E-state index is 12.3. The highest BCUT2D eigenvalue weighted by Gasteiger charge is 2.38. The van der Waals surface area contributed by atoms with Gasteiger partial charge in [-0.1, -0.05) is 6.92 Å². The van der Waals surface area contributed by atoms with Crippen LogP contribution in [0.15, 0.2) is 0 Å². The molecule has 2 heterocycles. The minimum Gasteiger partial charge on any atom is -0.380 e. The van der Waals surface area contributed by atoms with Gasteiger partial charge in [0.1, 0.15) is 0 Å². The fourth-order valence-corrected chi connectivity index (χ4v) is 2.62. The zero-order chi connectivity index (χ0) is 12.3. The van der Waals surface area contributed by atoms with E-state index in [1.807, 2.05) is 4.90 Å². The maximum absolute atomic E-state index is 12.3. The SMILES string of the molecule is CCNC1COCC1C(=O)N1CCC(OC)C1. The van der Waals surface area contributed by atoms with Crippen molar-refractivity contribution in [1.29, 1.82) is 0 Å². The number of ether oxygens (including phenoxy) is 2. The van der Waals surface area contributed by atoms with Gasteiger partial charge in [-0.15, -0.1) is 0 Å². The first-order valence-electron chi connectivity index (χ1n) is 6.39. The van der Waals surface area contributed by atoms with Crippen LogP contribution in [0.4, 0.5) is 0 Å². The van der Waals surface area contributed by atoms with Crippen LogP contribution in [0, 0.1) is 5.92 Å². The molecule has 3 unspecified atom stereocenters. The van der Waals surface area contributed by atoms with Crippen molar-refractivity contribution in [3.05, 3.63) is 0 Å². The lowest BCUT2D eigenvalue weighted by atomic mass is 10.0. The summed E-state index contributed by atoms with van der Waals surface area (Å²) in [7, 11) is 1.71. The molecule has 0 radical (unpaired) electrons. The van der Waals surface area contributed by atoms with Gasteiger partial charge in [-0.05, 0) is 13.0 Å². The summed E-state index contributed by atoms with van der Waals surface area (Å²) >= 11 is 0. The molecule has 1 amide bonds. The number of carbonyl (C=O) groups is 1. The molecule has 0 aromatic rings. The molecule has 2 aliphatic heterocycles. The molecular formula is C12H22N2O3. The third-order valence-corrected chi connectivity index (χ3v) is 3.65. The lowest BCUT2D eigenvalue weighted by Crippen LogP contribution is -2.45. The molecule has 17 heavy (non-hydrogen) atoms. The van der Waals surface area contributed by atoms with Crippen LogP contribution in [-0.4, -0.2) is 62.9 Å². The molecule has 5 heteroatoms. The minimum atomic E-state index is -0.0226. The Labute approximate surface area is 102 Å². The summed E-state index contributed by atoms with van der Waals surface area (Å²) in [4.78, 5) is 14.3. The summed E-state index contributed by atoms with van der Waals surface area (Å²) in [6.07, 6.45) is 1.15. The fraction of sp³-hybridized carbons (Fsp3) is 0.917. The van der Waals surface area contributed by atoms with Gasteiger partial charge in [0.2, 0.25) is 5.91 Å². The number of methoxy groups -OCH3 is 1. The van der Waals surface area contributed by atoms with Crippen LogP contribution < -0.4 is 5.32 Å². The Morgan fingerprint density at radius 3 is 3.00 bits per heavy atom. The number of amides is 1. The number of hydrogen-bond acceptors (Lipinski definition) is 4. The Balaban J connectivity index is 1.91. The van der Waals surface area contributed by atoms with Crippen molar-refractivity contribution in [2.24, 2.45) is 5.92 Å². The predicted molar refractivity (Wildman–Crippen MR) is 63.8 cm³/mol. The van der Waals surface area contributed by atoms with Crippen molar-refractivity contribution in [3.63, 3.8) is 0 Å². The Bertz CT molecular complexity index is 272. The molecule has 0 aromatic heterocycles. The van der Waals surface area contributed by atoms with Crippen LogP contribution in [0.25, 0.3) is 0 Å². The first-order valence-corrected chi connectivity index (χ1v) is 6.39. The molecular weight excluding hydrogens is 220 g/mol. The molecule has 0 bridgehead atoms. The Morgan fingerprint density at radius 1 is 1.53 bits per heavy atom. The summed E-state index contributed by atoms with van der Waals surface area (Å²) < 4.78 is 10.7. The van der Waals surface area contributed by atoms with Crippen molar-refractivity contribution in [3.8, 4) is 0 Å². The highest BCUT2D eigenvalue weighted by Crippen LogP contribution is 2.20. The van der Waals surface area contributed by atoms with E-state index in [-0.39, 0.29) is 24.0 Å². The Hall–Kier alpha value is -0.650. The molecule has 0 aromatic carbocycles. The quantitative estimate of drug-likeness (QED) is 0.745. The molecule has 5 nitrogen and oxygen atoms in total. The van der Waals surface area contributed by atoms with E-state index in [0.717, 1.165) is 26.1 Å². The van der Waals surface area contributed by atoms with Crippen molar-refractivity contribution < 1.29 is 14.3 Å². The average Bonchev–Trinajstić information content (AvgIpc) is 2.97. The predicted octanol–water partition coefficient (Wildman–Crippen LogP) is -0.142. The second kappa shape index (κ2) is 5.80. The summed E-state index contributed by atoms with van der Waals surface area (Å²) in [6.45, 7) is 5.66. The number of nitrogens with zero attached hydrogens (tertiary/aromatic N) is 1. The average molecular weight is 242 g/mol. The normalized spacial score (nSPS) is 33.3. The van der Waals surface area contributed by atoms with Crippen LogP contribution >= 0.6 is 0 Å². The van der Waals surface area contributed by atoms with Crippen molar-refractivity contribution >= 4 is 5.91 Å². The maximum Gasteiger partial charge on any atom is 0.229 e. The second-order valence-electron chi connectivity index (χ2n) is 4.74. The number of likely N-dealkylation sites (tertiary alicyclic amines) is 1. The van der Waals surface area contributed by atoms with E-state index >= 15 is 0 Å². The molecule has 2 fully saturated rings.